The molecule has 20 heavy (non-hydrogen) atoms. The van der Waals surface area contributed by atoms with Crippen LogP contribution in [0.1, 0.15) is 18.8 Å². The number of fused-ring (bicyclic) bond motifs is 1. The van der Waals surface area contributed by atoms with Crippen molar-refractivity contribution in [1.82, 2.24) is 25.1 Å². The monoisotopic (exact) mass is 269 g/mol. The van der Waals surface area contributed by atoms with Crippen molar-refractivity contribution in [1.29, 1.82) is 0 Å². The van der Waals surface area contributed by atoms with Gasteiger partial charge in [0.05, 0.1) is 17.1 Å². The van der Waals surface area contributed by atoms with Crippen LogP contribution in [0.3, 0.4) is 0 Å². The summed E-state index contributed by atoms with van der Waals surface area (Å²) >= 11 is 0. The molecular formula is C14H15N5O. The number of hydrogen-bond acceptors (Lipinski definition) is 3. The molecule has 1 aromatic carbocycles. The summed E-state index contributed by atoms with van der Waals surface area (Å²) in [7, 11) is 0. The molecule has 0 radical (unpaired) electrons. The van der Waals surface area contributed by atoms with Gasteiger partial charge in [0.2, 0.25) is 5.91 Å². The lowest BCUT2D eigenvalue weighted by Gasteiger charge is -2.11. The predicted octanol–water partition coefficient (Wildman–Crippen LogP) is 1.64. The highest BCUT2D eigenvalue weighted by atomic mass is 16.2. The van der Waals surface area contributed by atoms with Gasteiger partial charge in [0.15, 0.2) is 0 Å². The fourth-order valence-corrected chi connectivity index (χ4v) is 2.07. The standard InChI is InChI=1S/C14H15N5O/c1-10(16-13(20)9-19-8-4-7-15-19)14-17-11-5-2-3-6-12(11)18-14/h2-8,10H,9H2,1H3,(H,16,20)(H,17,18). The average Bonchev–Trinajstić information content (AvgIpc) is 3.06. The number of rotatable bonds is 4. The van der Waals surface area contributed by atoms with E-state index in [4.69, 9.17) is 0 Å². The summed E-state index contributed by atoms with van der Waals surface area (Å²) in [5.74, 6) is 0.654. The first-order valence-electron chi connectivity index (χ1n) is 6.44. The Hall–Kier alpha value is -2.63. The van der Waals surface area contributed by atoms with Crippen molar-refractivity contribution in [3.05, 3.63) is 48.5 Å². The van der Waals surface area contributed by atoms with Gasteiger partial charge < -0.3 is 10.3 Å². The highest BCUT2D eigenvalue weighted by Crippen LogP contribution is 2.15. The van der Waals surface area contributed by atoms with Crippen LogP contribution in [0.2, 0.25) is 0 Å². The molecule has 1 unspecified atom stereocenters. The molecule has 6 nitrogen and oxygen atoms in total. The van der Waals surface area contributed by atoms with Crippen LogP contribution < -0.4 is 5.32 Å². The molecule has 3 aromatic rings. The van der Waals surface area contributed by atoms with E-state index in [1.807, 2.05) is 31.2 Å². The lowest BCUT2D eigenvalue weighted by molar-refractivity contribution is -0.122. The van der Waals surface area contributed by atoms with E-state index in [0.29, 0.717) is 0 Å². The summed E-state index contributed by atoms with van der Waals surface area (Å²) in [5, 5.41) is 6.91. The minimum absolute atomic E-state index is 0.0957. The molecule has 0 fully saturated rings. The molecule has 0 saturated carbocycles. The van der Waals surface area contributed by atoms with Crippen LogP contribution in [0.4, 0.5) is 0 Å². The molecule has 0 spiro atoms. The second-order valence-corrected chi connectivity index (χ2v) is 4.63. The number of imidazole rings is 1. The third-order valence-corrected chi connectivity index (χ3v) is 3.06. The minimum atomic E-state index is -0.175. The molecule has 0 aliphatic rings. The molecule has 2 heterocycles. The number of carbonyl (C=O) groups is 1. The summed E-state index contributed by atoms with van der Waals surface area (Å²) in [4.78, 5) is 19.6. The maximum absolute atomic E-state index is 11.9. The first-order valence-corrected chi connectivity index (χ1v) is 6.44. The fraction of sp³-hybridized carbons (Fsp3) is 0.214. The SMILES string of the molecule is CC(NC(=O)Cn1cccn1)c1nc2ccccc2[nH]1. The van der Waals surface area contributed by atoms with Crippen molar-refractivity contribution >= 4 is 16.9 Å². The van der Waals surface area contributed by atoms with E-state index in [1.54, 1.807) is 23.1 Å². The normalized spacial score (nSPS) is 12.4. The van der Waals surface area contributed by atoms with E-state index < -0.39 is 0 Å². The topological polar surface area (TPSA) is 75.6 Å². The van der Waals surface area contributed by atoms with Crippen molar-refractivity contribution in [2.75, 3.05) is 0 Å². The van der Waals surface area contributed by atoms with Gasteiger partial charge in [-0.05, 0) is 25.1 Å². The first-order chi connectivity index (χ1) is 9.72. The van der Waals surface area contributed by atoms with E-state index in [1.165, 1.54) is 0 Å². The molecule has 3 rings (SSSR count). The number of aromatic amines is 1. The molecule has 1 atom stereocenters. The van der Waals surface area contributed by atoms with Crippen molar-refractivity contribution < 1.29 is 4.79 Å². The molecule has 0 bridgehead atoms. The number of nitrogens with one attached hydrogen (secondary N) is 2. The van der Waals surface area contributed by atoms with E-state index >= 15 is 0 Å². The third kappa shape index (κ3) is 2.54. The van der Waals surface area contributed by atoms with Gasteiger partial charge in [-0.2, -0.15) is 5.10 Å². The maximum atomic E-state index is 11.9. The molecular weight excluding hydrogens is 254 g/mol. The van der Waals surface area contributed by atoms with Gasteiger partial charge >= 0.3 is 0 Å². The lowest BCUT2D eigenvalue weighted by Crippen LogP contribution is -2.30. The van der Waals surface area contributed by atoms with Gasteiger partial charge in [-0.15, -0.1) is 0 Å². The van der Waals surface area contributed by atoms with E-state index in [9.17, 15) is 4.79 Å². The molecule has 6 heteroatoms. The number of aromatic nitrogens is 4. The van der Waals surface area contributed by atoms with Crippen LogP contribution in [0.5, 0.6) is 0 Å². The number of carbonyl (C=O) groups excluding carboxylic acids is 1. The maximum Gasteiger partial charge on any atom is 0.242 e. The Bertz CT molecular complexity index is 683. The fourth-order valence-electron chi connectivity index (χ4n) is 2.07. The van der Waals surface area contributed by atoms with Crippen LogP contribution in [-0.4, -0.2) is 25.7 Å². The minimum Gasteiger partial charge on any atom is -0.345 e. The summed E-state index contributed by atoms with van der Waals surface area (Å²) in [6.07, 6.45) is 3.40. The Morgan fingerprint density at radius 2 is 2.25 bits per heavy atom. The zero-order valence-electron chi connectivity index (χ0n) is 11.1. The van der Waals surface area contributed by atoms with Crippen LogP contribution in [0.15, 0.2) is 42.7 Å². The Morgan fingerprint density at radius 3 is 3.00 bits per heavy atom. The lowest BCUT2D eigenvalue weighted by atomic mass is 10.3. The van der Waals surface area contributed by atoms with Crippen molar-refractivity contribution in [2.24, 2.45) is 0 Å². The van der Waals surface area contributed by atoms with Crippen LogP contribution in [0.25, 0.3) is 11.0 Å². The molecule has 1 amide bonds. The Morgan fingerprint density at radius 1 is 1.40 bits per heavy atom. The number of para-hydroxylation sites is 2. The number of H-pyrrole nitrogens is 1. The van der Waals surface area contributed by atoms with Crippen molar-refractivity contribution in [3.63, 3.8) is 0 Å². The largest absolute Gasteiger partial charge is 0.345 e. The Kier molecular flexibility index (Phi) is 3.20. The number of benzene rings is 1. The summed E-state index contributed by atoms with van der Waals surface area (Å²) < 4.78 is 1.58. The molecule has 2 aromatic heterocycles. The quantitative estimate of drug-likeness (QED) is 0.756. The average molecular weight is 269 g/mol. The summed E-state index contributed by atoms with van der Waals surface area (Å²) in [6, 6.07) is 9.40. The van der Waals surface area contributed by atoms with Crippen molar-refractivity contribution in [3.8, 4) is 0 Å². The summed E-state index contributed by atoms with van der Waals surface area (Å²) in [6.45, 7) is 2.11. The molecule has 2 N–H and O–H groups in total. The first kappa shape index (κ1) is 12.4. The molecule has 0 aliphatic heterocycles. The Labute approximate surface area is 115 Å². The summed E-state index contributed by atoms with van der Waals surface area (Å²) in [5.41, 5.74) is 1.87. The van der Waals surface area contributed by atoms with Gasteiger partial charge in [-0.1, -0.05) is 12.1 Å². The zero-order valence-corrected chi connectivity index (χ0v) is 11.1. The molecule has 0 aliphatic carbocycles. The van der Waals surface area contributed by atoms with Crippen molar-refractivity contribution in [2.45, 2.75) is 19.5 Å². The second kappa shape index (κ2) is 5.16. The van der Waals surface area contributed by atoms with Crippen LogP contribution >= 0.6 is 0 Å². The third-order valence-electron chi connectivity index (χ3n) is 3.06. The smallest absolute Gasteiger partial charge is 0.242 e. The van der Waals surface area contributed by atoms with E-state index in [2.05, 4.69) is 20.4 Å². The highest BCUT2D eigenvalue weighted by Gasteiger charge is 2.13. The van der Waals surface area contributed by atoms with Gasteiger partial charge in [0.1, 0.15) is 12.4 Å². The zero-order chi connectivity index (χ0) is 13.9. The molecule has 0 saturated heterocycles. The van der Waals surface area contributed by atoms with E-state index in [0.717, 1.165) is 16.9 Å². The molecule has 102 valence electrons. The van der Waals surface area contributed by atoms with E-state index in [-0.39, 0.29) is 18.5 Å². The number of hydrogen-bond donors (Lipinski definition) is 2. The Balaban J connectivity index is 1.69. The predicted molar refractivity (Wildman–Crippen MR) is 74.9 cm³/mol. The van der Waals surface area contributed by atoms with Gasteiger partial charge in [0.25, 0.3) is 0 Å². The van der Waals surface area contributed by atoms with Gasteiger partial charge in [-0.3, -0.25) is 9.48 Å². The number of nitrogens with zero attached hydrogens (tertiary/aromatic N) is 3. The van der Waals surface area contributed by atoms with Gasteiger partial charge in [-0.25, -0.2) is 4.98 Å². The highest BCUT2D eigenvalue weighted by molar-refractivity contribution is 5.77. The second-order valence-electron chi connectivity index (χ2n) is 4.63. The van der Waals surface area contributed by atoms with Crippen LogP contribution in [-0.2, 0) is 11.3 Å². The number of amides is 1. The van der Waals surface area contributed by atoms with Gasteiger partial charge in [0, 0.05) is 12.4 Å². The van der Waals surface area contributed by atoms with Crippen LogP contribution in [0, 0.1) is 0 Å².